The predicted molar refractivity (Wildman–Crippen MR) is 81.2 cm³/mol. The number of nitrogens with one attached hydrogen (secondary N) is 1. The molecule has 1 atom stereocenters. The zero-order chi connectivity index (χ0) is 15.0. The molecule has 3 N–H and O–H groups in total. The van der Waals surface area contributed by atoms with Crippen molar-refractivity contribution in [2.75, 3.05) is 5.73 Å². The van der Waals surface area contributed by atoms with Crippen molar-refractivity contribution in [1.82, 2.24) is 15.3 Å². The summed E-state index contributed by atoms with van der Waals surface area (Å²) in [6, 6.07) is 3.47. The van der Waals surface area contributed by atoms with Crippen LogP contribution in [0.5, 0.6) is 0 Å². The van der Waals surface area contributed by atoms with Crippen LogP contribution in [0.3, 0.4) is 0 Å². The van der Waals surface area contributed by atoms with Crippen LogP contribution in [-0.2, 0) is 0 Å². The normalized spacial score (nSPS) is 12.5. The molecule has 1 unspecified atom stereocenters. The highest BCUT2D eigenvalue weighted by molar-refractivity contribution is 7.21. The summed E-state index contributed by atoms with van der Waals surface area (Å²) < 4.78 is 5.50. The molecule has 1 amide bonds. The van der Waals surface area contributed by atoms with Crippen LogP contribution < -0.4 is 11.1 Å². The summed E-state index contributed by atoms with van der Waals surface area (Å²) in [5, 5.41) is 2.87. The van der Waals surface area contributed by atoms with E-state index in [1.165, 1.54) is 11.3 Å². The Kier molecular flexibility index (Phi) is 3.34. The molecule has 6 nitrogen and oxygen atoms in total. The minimum absolute atomic E-state index is 0.239. The Bertz CT molecular complexity index is 808. The lowest BCUT2D eigenvalue weighted by Crippen LogP contribution is -2.26. The Balaban J connectivity index is 1.85. The van der Waals surface area contributed by atoms with Gasteiger partial charge in [-0.3, -0.25) is 4.79 Å². The summed E-state index contributed by atoms with van der Waals surface area (Å²) in [5.74, 6) is 1.26. The van der Waals surface area contributed by atoms with Crippen molar-refractivity contribution in [2.45, 2.75) is 19.9 Å². The van der Waals surface area contributed by atoms with E-state index in [-0.39, 0.29) is 11.9 Å². The highest BCUT2D eigenvalue weighted by Crippen LogP contribution is 2.30. The third-order valence-electron chi connectivity index (χ3n) is 3.10. The number of hydrogen-bond donors (Lipinski definition) is 2. The summed E-state index contributed by atoms with van der Waals surface area (Å²) >= 11 is 1.23. The summed E-state index contributed by atoms with van der Waals surface area (Å²) in [7, 11) is 0. The smallest absolute Gasteiger partial charge is 0.264 e. The van der Waals surface area contributed by atoms with E-state index >= 15 is 0 Å². The van der Waals surface area contributed by atoms with Crippen LogP contribution in [0.4, 0.5) is 5.69 Å². The number of thiophene rings is 1. The molecular formula is C14H14N4O2S. The lowest BCUT2D eigenvalue weighted by molar-refractivity contribution is 0.0940. The molecule has 0 aliphatic rings. The van der Waals surface area contributed by atoms with Crippen LogP contribution in [0.2, 0.25) is 0 Å². The lowest BCUT2D eigenvalue weighted by Gasteiger charge is -2.10. The second kappa shape index (κ2) is 5.17. The molecule has 3 heterocycles. The van der Waals surface area contributed by atoms with E-state index in [1.54, 1.807) is 12.4 Å². The van der Waals surface area contributed by atoms with E-state index < -0.39 is 0 Å². The molecule has 0 saturated carbocycles. The maximum Gasteiger partial charge on any atom is 0.264 e. The zero-order valence-electron chi connectivity index (χ0n) is 11.6. The van der Waals surface area contributed by atoms with E-state index in [0.717, 1.165) is 5.76 Å². The van der Waals surface area contributed by atoms with Gasteiger partial charge in [-0.25, -0.2) is 9.97 Å². The van der Waals surface area contributed by atoms with Crippen LogP contribution in [-0.4, -0.2) is 15.9 Å². The number of anilines is 1. The van der Waals surface area contributed by atoms with Crippen molar-refractivity contribution in [3.05, 3.63) is 40.9 Å². The van der Waals surface area contributed by atoms with Crippen molar-refractivity contribution < 1.29 is 9.21 Å². The van der Waals surface area contributed by atoms with Gasteiger partial charge in [0.1, 0.15) is 26.7 Å². The highest BCUT2D eigenvalue weighted by Gasteiger charge is 2.20. The van der Waals surface area contributed by atoms with E-state index in [2.05, 4.69) is 15.3 Å². The third kappa shape index (κ3) is 2.47. The molecule has 0 radical (unpaired) electrons. The van der Waals surface area contributed by atoms with Gasteiger partial charge in [0.15, 0.2) is 0 Å². The Hall–Kier alpha value is -2.41. The first-order valence-corrected chi connectivity index (χ1v) is 7.24. The molecular weight excluding hydrogens is 288 g/mol. The number of aromatic nitrogens is 2. The number of nitrogens with two attached hydrogens (primary N) is 1. The molecule has 3 aromatic rings. The van der Waals surface area contributed by atoms with Crippen molar-refractivity contribution in [2.24, 2.45) is 0 Å². The topological polar surface area (TPSA) is 94.0 Å². The second-order valence-electron chi connectivity index (χ2n) is 4.70. The monoisotopic (exact) mass is 302 g/mol. The highest BCUT2D eigenvalue weighted by atomic mass is 32.1. The number of carbonyl (C=O) groups excluding carboxylic acids is 1. The number of nitrogens with zero attached hydrogens (tertiary/aromatic N) is 2. The molecule has 0 aliphatic carbocycles. The Morgan fingerprint density at radius 2 is 2.14 bits per heavy atom. The SMILES string of the molecule is Cc1ccc(C(C)NC(=O)c2sc3nccnc3c2N)o1. The number of carbonyl (C=O) groups is 1. The molecule has 108 valence electrons. The third-order valence-corrected chi connectivity index (χ3v) is 4.21. The van der Waals surface area contributed by atoms with Crippen molar-refractivity contribution in [1.29, 1.82) is 0 Å². The first-order chi connectivity index (χ1) is 10.1. The number of furan rings is 1. The van der Waals surface area contributed by atoms with E-state index in [4.69, 9.17) is 10.2 Å². The Morgan fingerprint density at radius 1 is 1.38 bits per heavy atom. The lowest BCUT2D eigenvalue weighted by atomic mass is 10.2. The summed E-state index contributed by atoms with van der Waals surface area (Å²) in [6.45, 7) is 3.72. The van der Waals surface area contributed by atoms with E-state index in [0.29, 0.717) is 26.7 Å². The van der Waals surface area contributed by atoms with Crippen molar-refractivity contribution >= 4 is 33.3 Å². The molecule has 7 heteroatoms. The van der Waals surface area contributed by atoms with E-state index in [1.807, 2.05) is 26.0 Å². The number of hydrogen-bond acceptors (Lipinski definition) is 6. The number of aryl methyl sites for hydroxylation is 1. The summed E-state index contributed by atoms with van der Waals surface area (Å²) in [4.78, 5) is 21.7. The fourth-order valence-electron chi connectivity index (χ4n) is 2.03. The second-order valence-corrected chi connectivity index (χ2v) is 5.70. The fraction of sp³-hybridized carbons (Fsp3) is 0.214. The average molecular weight is 302 g/mol. The van der Waals surface area contributed by atoms with E-state index in [9.17, 15) is 4.79 Å². The fourth-order valence-corrected chi connectivity index (χ4v) is 2.96. The quantitative estimate of drug-likeness (QED) is 0.775. The van der Waals surface area contributed by atoms with Gasteiger partial charge in [-0.05, 0) is 26.0 Å². The molecule has 0 bridgehead atoms. The molecule has 3 aromatic heterocycles. The first-order valence-electron chi connectivity index (χ1n) is 6.42. The van der Waals surface area contributed by atoms with Crippen LogP contribution >= 0.6 is 11.3 Å². The number of amides is 1. The van der Waals surface area contributed by atoms with Crippen molar-refractivity contribution in [3.8, 4) is 0 Å². The maximum absolute atomic E-state index is 12.3. The van der Waals surface area contributed by atoms with Gasteiger partial charge in [0.2, 0.25) is 0 Å². The van der Waals surface area contributed by atoms with Gasteiger partial charge < -0.3 is 15.5 Å². The number of rotatable bonds is 3. The van der Waals surface area contributed by atoms with Crippen LogP contribution in [0.15, 0.2) is 28.9 Å². The van der Waals surface area contributed by atoms with Gasteiger partial charge in [-0.1, -0.05) is 0 Å². The molecule has 0 aromatic carbocycles. The minimum atomic E-state index is -0.251. The van der Waals surface area contributed by atoms with Gasteiger partial charge in [-0.2, -0.15) is 0 Å². The van der Waals surface area contributed by atoms with Gasteiger partial charge in [0.25, 0.3) is 5.91 Å². The Labute approximate surface area is 125 Å². The summed E-state index contributed by atoms with van der Waals surface area (Å²) in [6.07, 6.45) is 3.13. The van der Waals surface area contributed by atoms with Gasteiger partial charge in [0, 0.05) is 12.4 Å². The number of nitrogen functional groups attached to an aromatic ring is 1. The number of fused-ring (bicyclic) bond motifs is 1. The van der Waals surface area contributed by atoms with Crippen LogP contribution in [0.25, 0.3) is 10.3 Å². The standard InChI is InChI=1S/C14H14N4O2S/c1-7-3-4-9(20-7)8(2)18-13(19)12-10(15)11-14(21-12)17-6-5-16-11/h3-6,8H,15H2,1-2H3,(H,18,19). The summed E-state index contributed by atoms with van der Waals surface area (Å²) in [5.41, 5.74) is 6.91. The van der Waals surface area contributed by atoms with Gasteiger partial charge >= 0.3 is 0 Å². The largest absolute Gasteiger partial charge is 0.464 e. The van der Waals surface area contributed by atoms with Gasteiger partial charge in [0.05, 0.1) is 11.7 Å². The maximum atomic E-state index is 12.3. The van der Waals surface area contributed by atoms with Crippen LogP contribution in [0, 0.1) is 6.92 Å². The Morgan fingerprint density at radius 3 is 2.81 bits per heavy atom. The van der Waals surface area contributed by atoms with Crippen molar-refractivity contribution in [3.63, 3.8) is 0 Å². The predicted octanol–water partition coefficient (Wildman–Crippen LogP) is 2.67. The molecule has 0 spiro atoms. The molecule has 0 saturated heterocycles. The molecule has 21 heavy (non-hydrogen) atoms. The van der Waals surface area contributed by atoms with Gasteiger partial charge in [-0.15, -0.1) is 11.3 Å². The zero-order valence-corrected chi connectivity index (χ0v) is 12.4. The molecule has 3 rings (SSSR count). The molecule has 0 fully saturated rings. The average Bonchev–Trinajstić information content (AvgIpc) is 3.04. The first kappa shape index (κ1) is 13.6. The minimum Gasteiger partial charge on any atom is -0.464 e. The molecule has 0 aliphatic heterocycles. The van der Waals surface area contributed by atoms with Crippen LogP contribution in [0.1, 0.15) is 34.2 Å².